The van der Waals surface area contributed by atoms with Crippen molar-refractivity contribution in [2.75, 3.05) is 40.5 Å². The largest absolute Gasteiger partial charge is 0.384 e. The molecule has 1 N–H and O–H groups in total. The summed E-state index contributed by atoms with van der Waals surface area (Å²) < 4.78 is 10.4. The molecule has 3 heteroatoms. The molecular formula is C12H23NO2. The predicted molar refractivity (Wildman–Crippen MR) is 59.9 cm³/mol. The second kappa shape index (κ2) is 4.81. The van der Waals surface area contributed by atoms with Crippen molar-refractivity contribution >= 4 is 0 Å². The van der Waals surface area contributed by atoms with Gasteiger partial charge in [0.15, 0.2) is 0 Å². The Balaban J connectivity index is 1.74. The first-order valence-electron chi connectivity index (χ1n) is 5.98. The molecule has 0 aromatic heterocycles. The van der Waals surface area contributed by atoms with E-state index in [0.717, 1.165) is 38.1 Å². The summed E-state index contributed by atoms with van der Waals surface area (Å²) in [6.45, 7) is 3.77. The van der Waals surface area contributed by atoms with Gasteiger partial charge in [-0.15, -0.1) is 0 Å². The monoisotopic (exact) mass is 213 g/mol. The quantitative estimate of drug-likeness (QED) is 0.646. The molecule has 2 unspecified atom stereocenters. The van der Waals surface area contributed by atoms with E-state index in [0.29, 0.717) is 5.41 Å². The normalized spacial score (nSPS) is 38.0. The topological polar surface area (TPSA) is 30.5 Å². The maximum Gasteiger partial charge on any atom is 0.0587 e. The Morgan fingerprint density at radius 3 is 2.53 bits per heavy atom. The summed E-state index contributed by atoms with van der Waals surface area (Å²) in [5.74, 6) is 2.04. The van der Waals surface area contributed by atoms with Gasteiger partial charge in [0, 0.05) is 32.7 Å². The van der Waals surface area contributed by atoms with Gasteiger partial charge >= 0.3 is 0 Å². The number of methoxy groups -OCH3 is 2. The van der Waals surface area contributed by atoms with E-state index < -0.39 is 0 Å². The van der Waals surface area contributed by atoms with E-state index in [1.807, 2.05) is 7.11 Å². The Hall–Kier alpha value is -0.120. The van der Waals surface area contributed by atoms with Gasteiger partial charge in [0.1, 0.15) is 0 Å². The van der Waals surface area contributed by atoms with Gasteiger partial charge in [-0.25, -0.2) is 0 Å². The molecule has 2 atom stereocenters. The van der Waals surface area contributed by atoms with Crippen LogP contribution in [-0.4, -0.2) is 40.5 Å². The predicted octanol–water partition coefficient (Wildman–Crippen LogP) is 1.29. The van der Waals surface area contributed by atoms with Crippen molar-refractivity contribution in [2.24, 2.45) is 17.3 Å². The van der Waals surface area contributed by atoms with Crippen LogP contribution in [0.1, 0.15) is 19.3 Å². The zero-order valence-corrected chi connectivity index (χ0v) is 9.92. The molecule has 2 aliphatic rings. The highest BCUT2D eigenvalue weighted by atomic mass is 16.5. The molecule has 0 spiro atoms. The van der Waals surface area contributed by atoms with Gasteiger partial charge in [-0.3, -0.25) is 0 Å². The van der Waals surface area contributed by atoms with Crippen LogP contribution < -0.4 is 5.32 Å². The van der Waals surface area contributed by atoms with Gasteiger partial charge in [-0.2, -0.15) is 0 Å². The van der Waals surface area contributed by atoms with Gasteiger partial charge in [-0.05, 0) is 31.1 Å². The molecule has 2 saturated carbocycles. The van der Waals surface area contributed by atoms with E-state index >= 15 is 0 Å². The number of hydrogen-bond donors (Lipinski definition) is 1. The fourth-order valence-corrected chi connectivity index (χ4v) is 3.15. The SMILES string of the molecule is COCCNCC1(COC)CC2CC2C1. The third-order valence-electron chi connectivity index (χ3n) is 3.89. The van der Waals surface area contributed by atoms with Gasteiger partial charge in [0.2, 0.25) is 0 Å². The first-order valence-corrected chi connectivity index (χ1v) is 5.98. The van der Waals surface area contributed by atoms with Gasteiger partial charge in [-0.1, -0.05) is 0 Å². The molecule has 2 aliphatic carbocycles. The van der Waals surface area contributed by atoms with Crippen molar-refractivity contribution in [3.05, 3.63) is 0 Å². The molecule has 0 bridgehead atoms. The third-order valence-corrected chi connectivity index (χ3v) is 3.89. The molecule has 0 radical (unpaired) electrons. The van der Waals surface area contributed by atoms with E-state index in [2.05, 4.69) is 5.32 Å². The van der Waals surface area contributed by atoms with Gasteiger partial charge < -0.3 is 14.8 Å². The third kappa shape index (κ3) is 2.71. The van der Waals surface area contributed by atoms with E-state index in [1.54, 1.807) is 7.11 Å². The van der Waals surface area contributed by atoms with Crippen molar-refractivity contribution < 1.29 is 9.47 Å². The van der Waals surface area contributed by atoms with E-state index in [1.165, 1.54) is 19.3 Å². The standard InChI is InChI=1S/C12H23NO2/c1-14-4-3-13-8-12(9-15-2)6-10-5-11(10)7-12/h10-11,13H,3-9H2,1-2H3. The average Bonchev–Trinajstić information content (AvgIpc) is 2.83. The van der Waals surface area contributed by atoms with Crippen molar-refractivity contribution in [2.45, 2.75) is 19.3 Å². The summed E-state index contributed by atoms with van der Waals surface area (Å²) in [6, 6.07) is 0. The lowest BCUT2D eigenvalue weighted by Gasteiger charge is -2.30. The Kier molecular flexibility index (Phi) is 3.65. The molecule has 2 fully saturated rings. The molecule has 88 valence electrons. The number of nitrogens with one attached hydrogen (secondary N) is 1. The van der Waals surface area contributed by atoms with Crippen molar-refractivity contribution in [1.29, 1.82) is 0 Å². The lowest BCUT2D eigenvalue weighted by atomic mass is 9.83. The summed E-state index contributed by atoms with van der Waals surface area (Å²) in [7, 11) is 3.57. The van der Waals surface area contributed by atoms with Crippen LogP contribution in [0.15, 0.2) is 0 Å². The summed E-state index contributed by atoms with van der Waals surface area (Å²) in [4.78, 5) is 0. The molecule has 0 heterocycles. The Labute approximate surface area is 92.5 Å². The van der Waals surface area contributed by atoms with Crippen LogP contribution in [0.3, 0.4) is 0 Å². The Morgan fingerprint density at radius 2 is 1.93 bits per heavy atom. The highest BCUT2D eigenvalue weighted by Gasteiger charge is 2.53. The number of fused-ring (bicyclic) bond motifs is 1. The van der Waals surface area contributed by atoms with E-state index in [9.17, 15) is 0 Å². The minimum absolute atomic E-state index is 0.427. The summed E-state index contributed by atoms with van der Waals surface area (Å²) in [5.41, 5.74) is 0.427. The lowest BCUT2D eigenvalue weighted by Crippen LogP contribution is -2.38. The fourth-order valence-electron chi connectivity index (χ4n) is 3.15. The molecular weight excluding hydrogens is 190 g/mol. The van der Waals surface area contributed by atoms with Crippen molar-refractivity contribution in [3.8, 4) is 0 Å². The summed E-state index contributed by atoms with van der Waals surface area (Å²) in [6.07, 6.45) is 4.21. The van der Waals surface area contributed by atoms with Crippen LogP contribution in [0.25, 0.3) is 0 Å². The molecule has 0 saturated heterocycles. The zero-order chi connectivity index (χ0) is 10.7. The zero-order valence-electron chi connectivity index (χ0n) is 9.92. The first kappa shape index (κ1) is 11.4. The smallest absolute Gasteiger partial charge is 0.0587 e. The number of rotatable bonds is 7. The highest BCUT2D eigenvalue weighted by Crippen LogP contribution is 2.59. The number of hydrogen-bond acceptors (Lipinski definition) is 3. The lowest BCUT2D eigenvalue weighted by molar-refractivity contribution is 0.0715. The molecule has 2 rings (SSSR count). The highest BCUT2D eigenvalue weighted by molar-refractivity contribution is 5.04. The summed E-state index contributed by atoms with van der Waals surface area (Å²) >= 11 is 0. The van der Waals surface area contributed by atoms with Crippen LogP contribution >= 0.6 is 0 Å². The molecule has 0 aromatic carbocycles. The maximum absolute atomic E-state index is 5.38. The van der Waals surface area contributed by atoms with Gasteiger partial charge in [0.05, 0.1) is 13.2 Å². The van der Waals surface area contributed by atoms with Gasteiger partial charge in [0.25, 0.3) is 0 Å². The fraction of sp³-hybridized carbons (Fsp3) is 1.00. The second-order valence-corrected chi connectivity index (χ2v) is 5.27. The molecule has 3 nitrogen and oxygen atoms in total. The number of ether oxygens (including phenoxy) is 2. The molecule has 0 amide bonds. The summed E-state index contributed by atoms with van der Waals surface area (Å²) in [5, 5.41) is 3.49. The Morgan fingerprint density at radius 1 is 1.20 bits per heavy atom. The second-order valence-electron chi connectivity index (χ2n) is 5.27. The van der Waals surface area contributed by atoms with E-state index in [-0.39, 0.29) is 0 Å². The first-order chi connectivity index (χ1) is 7.29. The average molecular weight is 213 g/mol. The molecule has 15 heavy (non-hydrogen) atoms. The van der Waals surface area contributed by atoms with Crippen LogP contribution in [-0.2, 0) is 9.47 Å². The van der Waals surface area contributed by atoms with E-state index in [4.69, 9.17) is 9.47 Å². The minimum atomic E-state index is 0.427. The molecule has 0 aliphatic heterocycles. The molecule has 0 aromatic rings. The van der Waals surface area contributed by atoms with Crippen LogP contribution in [0.4, 0.5) is 0 Å². The van der Waals surface area contributed by atoms with Crippen LogP contribution in [0.5, 0.6) is 0 Å². The van der Waals surface area contributed by atoms with Crippen molar-refractivity contribution in [3.63, 3.8) is 0 Å². The Bertz CT molecular complexity index is 198. The van der Waals surface area contributed by atoms with Crippen molar-refractivity contribution in [1.82, 2.24) is 5.32 Å². The van der Waals surface area contributed by atoms with Crippen LogP contribution in [0, 0.1) is 17.3 Å². The maximum atomic E-state index is 5.38. The minimum Gasteiger partial charge on any atom is -0.384 e. The van der Waals surface area contributed by atoms with Crippen LogP contribution in [0.2, 0.25) is 0 Å².